The fourth-order valence-electron chi connectivity index (χ4n) is 3.63. The second kappa shape index (κ2) is 6.25. The molecule has 140 valence electrons. The molecule has 0 saturated heterocycles. The monoisotopic (exact) mass is 435 g/mol. The van der Waals surface area contributed by atoms with Crippen LogP contribution in [0.5, 0.6) is 0 Å². The van der Waals surface area contributed by atoms with Crippen molar-refractivity contribution >= 4 is 46.8 Å². The Bertz CT molecular complexity index is 864. The third-order valence-corrected chi connectivity index (χ3v) is 43.6. The van der Waals surface area contributed by atoms with E-state index in [4.69, 9.17) is 4.98 Å². The van der Waals surface area contributed by atoms with E-state index < -0.39 is 16.9 Å². The predicted molar refractivity (Wildman–Crippen MR) is 119 cm³/mol. The molecule has 0 radical (unpaired) electrons. The van der Waals surface area contributed by atoms with Crippen molar-refractivity contribution in [3.8, 4) is 0 Å². The number of rotatable bonds is 3. The zero-order chi connectivity index (χ0) is 17.0. The summed E-state index contributed by atoms with van der Waals surface area (Å²) in [5, 5.41) is 1.27. The maximum atomic E-state index is 4.84. The molecule has 0 spiro atoms. The molecule has 1 aliphatic rings. The van der Waals surface area contributed by atoms with Gasteiger partial charge in [-0.2, -0.15) is 0 Å². The van der Waals surface area contributed by atoms with E-state index in [1.165, 1.54) is 15.3 Å². The molecule has 0 unspecified atom stereocenters. The van der Waals surface area contributed by atoms with E-state index in [1.807, 2.05) is 12.3 Å². The second-order valence-corrected chi connectivity index (χ2v) is 37.8. The summed E-state index contributed by atoms with van der Waals surface area (Å²) in [7, 11) is -3.37. The number of nitrogens with zero attached hydrogens (tertiary/aromatic N) is 1. The number of hydrogen-bond donors (Lipinski definition) is 0. The minimum atomic E-state index is -3.37. The summed E-state index contributed by atoms with van der Waals surface area (Å²) in [6.45, 7) is 6.11. The maximum absolute atomic E-state index is 4.84. The molecule has 1 aliphatic carbocycles. The van der Waals surface area contributed by atoms with Crippen molar-refractivity contribution in [3.05, 3.63) is 59.2 Å². The second-order valence-electron chi connectivity index (χ2n) is 9.08. The van der Waals surface area contributed by atoms with Crippen LogP contribution in [0.1, 0.15) is 6.42 Å². The summed E-state index contributed by atoms with van der Waals surface area (Å²) >= 11 is 0. The van der Waals surface area contributed by atoms with E-state index in [9.17, 15) is 0 Å². The van der Waals surface area contributed by atoms with Crippen molar-refractivity contribution in [1.29, 1.82) is 0 Å². The molecular formula is C20H31Cl2CrNSi. The summed E-state index contributed by atoms with van der Waals surface area (Å²) in [4.78, 5) is 4.84. The molecule has 3 rings (SSSR count). The van der Waals surface area contributed by atoms with E-state index in [2.05, 4.69) is 79.5 Å². The van der Waals surface area contributed by atoms with Gasteiger partial charge in [-0.25, -0.2) is 0 Å². The number of allylic oxidation sites excluding steroid dienone is 4. The normalized spacial score (nSPS) is 17.1. The average molecular weight is 436 g/mol. The van der Waals surface area contributed by atoms with Crippen LogP contribution < -0.4 is 4.43 Å². The molecule has 5 heteroatoms. The van der Waals surface area contributed by atoms with E-state index in [0.29, 0.717) is 0 Å². The third-order valence-electron chi connectivity index (χ3n) is 6.71. The Morgan fingerprint density at radius 1 is 0.960 bits per heavy atom. The summed E-state index contributed by atoms with van der Waals surface area (Å²) in [6.07, 6.45) is 10.0. The van der Waals surface area contributed by atoms with Crippen LogP contribution in [0.15, 0.2) is 59.2 Å². The van der Waals surface area contributed by atoms with Crippen LogP contribution in [0.4, 0.5) is 0 Å². The molecule has 2 aromatic rings. The number of pyridine rings is 1. The minimum absolute atomic E-state index is 0. The fraction of sp³-hybridized carbons (Fsp3) is 0.350. The van der Waals surface area contributed by atoms with E-state index in [0.717, 1.165) is 6.42 Å². The quantitative estimate of drug-likeness (QED) is 0.485. The molecule has 0 aliphatic heterocycles. The van der Waals surface area contributed by atoms with Gasteiger partial charge in [0.15, 0.2) is 0 Å². The van der Waals surface area contributed by atoms with Crippen molar-refractivity contribution < 1.29 is 10.3 Å². The van der Waals surface area contributed by atoms with Crippen LogP contribution in [0.25, 0.3) is 10.9 Å². The molecule has 0 atom stereocenters. The van der Waals surface area contributed by atoms with Crippen LogP contribution in [-0.2, 0) is 10.3 Å². The summed E-state index contributed by atoms with van der Waals surface area (Å²) in [5.41, 5.74) is 1.22. The molecule has 1 aromatic carbocycles. The van der Waals surface area contributed by atoms with E-state index >= 15 is 0 Å². The van der Waals surface area contributed by atoms with Crippen molar-refractivity contribution in [2.24, 2.45) is 0 Å². The summed E-state index contributed by atoms with van der Waals surface area (Å²) < 4.78 is 3.21. The third kappa shape index (κ3) is 2.76. The van der Waals surface area contributed by atoms with Gasteiger partial charge in [-0.1, -0.05) is 0 Å². The largest absolute Gasteiger partial charge is 0.147 e. The molecule has 1 nitrogen and oxygen atoms in total. The number of fused-ring (bicyclic) bond motifs is 1. The smallest absolute Gasteiger partial charge is 0.147 e. The zero-order valence-corrected chi connectivity index (χ0v) is 20.0. The van der Waals surface area contributed by atoms with E-state index in [1.54, 1.807) is 4.44 Å². The van der Waals surface area contributed by atoms with Gasteiger partial charge < -0.3 is 0 Å². The fourth-order valence-corrected chi connectivity index (χ4v) is 18.2. The van der Waals surface area contributed by atoms with Gasteiger partial charge in [0.25, 0.3) is 0 Å². The van der Waals surface area contributed by atoms with Crippen molar-refractivity contribution in [2.75, 3.05) is 0 Å². The zero-order valence-electron chi connectivity index (χ0n) is 16.1. The number of benzene rings is 1. The number of para-hydroxylation sites is 1. The molecule has 25 heavy (non-hydrogen) atoms. The molecule has 0 bridgehead atoms. The first kappa shape index (κ1) is 22.5. The number of aromatic nitrogens is 1. The molecule has 0 N–H and O–H groups in total. The summed E-state index contributed by atoms with van der Waals surface area (Å²) in [5.74, 6) is 7.92. The number of hydrogen-bond acceptors (Lipinski definition) is 1. The Hall–Kier alpha value is -0.561. The Morgan fingerprint density at radius 2 is 1.60 bits per heavy atom. The molecule has 0 amide bonds. The molecular weight excluding hydrogens is 405 g/mol. The van der Waals surface area contributed by atoms with Gasteiger partial charge in [0.2, 0.25) is 0 Å². The van der Waals surface area contributed by atoms with Crippen LogP contribution in [0.2, 0.25) is 37.0 Å². The molecule has 1 aromatic heterocycles. The van der Waals surface area contributed by atoms with Crippen molar-refractivity contribution in [3.63, 3.8) is 0 Å². The Kier molecular flexibility index (Phi) is 5.62. The first-order valence-corrected chi connectivity index (χ1v) is 18.7. The van der Waals surface area contributed by atoms with Gasteiger partial charge in [-0.05, 0) is 0 Å². The number of halogens is 2. The van der Waals surface area contributed by atoms with Crippen LogP contribution in [0, 0.1) is 0 Å². The van der Waals surface area contributed by atoms with Gasteiger partial charge in [0.1, 0.15) is 0 Å². The Labute approximate surface area is 164 Å². The molecule has 0 saturated carbocycles. The van der Waals surface area contributed by atoms with Crippen LogP contribution in [-0.4, -0.2) is 11.6 Å². The van der Waals surface area contributed by atoms with E-state index in [-0.39, 0.29) is 24.8 Å². The topological polar surface area (TPSA) is 12.9 Å². The standard InChI is InChI=1S/C9H6N.C5H5.C3H9Si.3CH3.2ClH.Cr/c1-2-6-9-8(4-1)5-3-7-10-9;1-2-4-5-3-1;1-4(2)3;;;;;;/h1-5,7H;1-3H,4H2;1-3H3;3*1H3;2*1H;. The maximum Gasteiger partial charge on any atom is -0.147 e. The van der Waals surface area contributed by atoms with Crippen LogP contribution in [0.3, 0.4) is 0 Å². The SMILES string of the molecule is C[Si](C)(C)[Cr]([CH3])([CH3])([CH3])([C]1=CC=CC1)[c]1cccc2cccnc12.Cl.Cl. The Balaban J connectivity index is 0.00000156. The first-order valence-electron chi connectivity index (χ1n) is 8.24. The van der Waals surface area contributed by atoms with Gasteiger partial charge in [0, 0.05) is 0 Å². The molecule has 1 heterocycles. The minimum Gasteiger partial charge on any atom is -0.147 e. The predicted octanol–water partition coefficient (Wildman–Crippen LogP) is 6.75. The molecule has 0 fully saturated rings. The average Bonchev–Trinajstić information content (AvgIpc) is 3.01. The summed E-state index contributed by atoms with van der Waals surface area (Å²) in [6, 6.07) is 11.1. The first-order chi connectivity index (χ1) is 10.5. The van der Waals surface area contributed by atoms with Gasteiger partial charge >= 0.3 is 140 Å². The van der Waals surface area contributed by atoms with Crippen molar-refractivity contribution in [1.82, 2.24) is 4.98 Å². The van der Waals surface area contributed by atoms with Gasteiger partial charge in [-0.15, -0.1) is 24.8 Å². The van der Waals surface area contributed by atoms with Gasteiger partial charge in [0.05, 0.1) is 0 Å². The van der Waals surface area contributed by atoms with Crippen LogP contribution >= 0.6 is 24.8 Å². The van der Waals surface area contributed by atoms with Gasteiger partial charge in [-0.3, -0.25) is 0 Å². The van der Waals surface area contributed by atoms with Crippen molar-refractivity contribution in [2.45, 2.75) is 43.4 Å². The Morgan fingerprint density at radius 3 is 2.16 bits per heavy atom.